The fraction of sp³-hybridized carbons (Fsp3) is 0.294. The Hall–Kier alpha value is -2.63. The van der Waals surface area contributed by atoms with E-state index in [1.807, 2.05) is 0 Å². The van der Waals surface area contributed by atoms with Gasteiger partial charge in [0, 0.05) is 12.1 Å². The number of anilines is 1. The van der Waals surface area contributed by atoms with E-state index in [-0.39, 0.29) is 6.42 Å². The number of hydrogen-bond acceptors (Lipinski definition) is 4. The largest absolute Gasteiger partial charge is 0.469 e. The van der Waals surface area contributed by atoms with Crippen molar-refractivity contribution in [2.45, 2.75) is 32.8 Å². The second kappa shape index (κ2) is 7.58. The second-order valence-electron chi connectivity index (χ2n) is 5.16. The number of amides is 1. The highest BCUT2D eigenvalue weighted by Gasteiger charge is 2.18. The van der Waals surface area contributed by atoms with Crippen LogP contribution in [-0.4, -0.2) is 18.0 Å². The third-order valence-electron chi connectivity index (χ3n) is 3.27. The summed E-state index contributed by atoms with van der Waals surface area (Å²) in [5.41, 5.74) is 0.803. The molecule has 2 rings (SSSR count). The quantitative estimate of drug-likeness (QED) is 0.830. The van der Waals surface area contributed by atoms with Gasteiger partial charge in [0.15, 0.2) is 6.10 Å². The number of aryl methyl sites for hydroxylation is 2. The topological polar surface area (TPSA) is 68.5 Å². The first-order valence-corrected chi connectivity index (χ1v) is 7.24. The van der Waals surface area contributed by atoms with Crippen LogP contribution in [0.3, 0.4) is 0 Å². The molecule has 0 unspecified atom stereocenters. The summed E-state index contributed by atoms with van der Waals surface area (Å²) in [4.78, 5) is 23.6. The summed E-state index contributed by atoms with van der Waals surface area (Å²) in [5, 5.41) is 2.51. The van der Waals surface area contributed by atoms with Gasteiger partial charge >= 0.3 is 5.97 Å². The van der Waals surface area contributed by atoms with Crippen molar-refractivity contribution in [1.29, 1.82) is 0 Å². The number of esters is 1. The molecule has 0 fully saturated rings. The third kappa shape index (κ3) is 4.95. The molecule has 1 N–H and O–H groups in total. The molecule has 23 heavy (non-hydrogen) atoms. The van der Waals surface area contributed by atoms with Crippen molar-refractivity contribution in [1.82, 2.24) is 0 Å². The molecule has 2 aromatic rings. The molecule has 0 saturated heterocycles. The van der Waals surface area contributed by atoms with E-state index in [9.17, 15) is 14.0 Å². The average molecular weight is 319 g/mol. The molecule has 1 aromatic carbocycles. The van der Waals surface area contributed by atoms with Crippen molar-refractivity contribution in [2.75, 3.05) is 5.32 Å². The number of carbonyl (C=O) groups is 2. The Kier molecular flexibility index (Phi) is 5.51. The van der Waals surface area contributed by atoms with E-state index in [1.54, 1.807) is 31.2 Å². The van der Waals surface area contributed by atoms with Crippen molar-refractivity contribution in [3.8, 4) is 0 Å². The molecule has 0 radical (unpaired) electrons. The van der Waals surface area contributed by atoms with Crippen LogP contribution in [0.5, 0.6) is 0 Å². The van der Waals surface area contributed by atoms with E-state index in [1.165, 1.54) is 19.3 Å². The number of hydrogen-bond donors (Lipinski definition) is 1. The average Bonchev–Trinajstić information content (AvgIpc) is 3.02. The maximum Gasteiger partial charge on any atom is 0.307 e. The molecule has 0 aliphatic rings. The number of rotatable bonds is 6. The van der Waals surface area contributed by atoms with Gasteiger partial charge in [0.1, 0.15) is 11.6 Å². The molecule has 0 aliphatic heterocycles. The Morgan fingerprint density at radius 2 is 2.13 bits per heavy atom. The zero-order chi connectivity index (χ0) is 16.8. The van der Waals surface area contributed by atoms with Crippen LogP contribution in [0, 0.1) is 12.7 Å². The minimum absolute atomic E-state index is 0.115. The minimum atomic E-state index is -0.969. The van der Waals surface area contributed by atoms with E-state index >= 15 is 0 Å². The summed E-state index contributed by atoms with van der Waals surface area (Å²) >= 11 is 0. The van der Waals surface area contributed by atoms with Crippen LogP contribution in [-0.2, 0) is 20.7 Å². The molecule has 1 atom stereocenters. The van der Waals surface area contributed by atoms with Crippen LogP contribution in [0.25, 0.3) is 0 Å². The molecule has 0 spiro atoms. The lowest BCUT2D eigenvalue weighted by molar-refractivity contribution is -0.153. The van der Waals surface area contributed by atoms with Gasteiger partial charge in [-0.15, -0.1) is 0 Å². The Morgan fingerprint density at radius 3 is 2.78 bits per heavy atom. The highest BCUT2D eigenvalue weighted by Crippen LogP contribution is 2.14. The molecule has 122 valence electrons. The van der Waals surface area contributed by atoms with Crippen LogP contribution in [0.15, 0.2) is 41.0 Å². The molecule has 6 heteroatoms. The summed E-state index contributed by atoms with van der Waals surface area (Å²) in [6.07, 6.45) is 1.08. The molecule has 0 saturated carbocycles. The standard InChI is InChI=1S/C17H18FNO4/c1-11-5-6-13(10-15(11)18)19-17(21)12(2)23-16(20)8-7-14-4-3-9-22-14/h3-6,9-10,12H,7-8H2,1-2H3,(H,19,21)/t12-/m0/s1. The monoisotopic (exact) mass is 319 g/mol. The Bertz CT molecular complexity index is 682. The smallest absolute Gasteiger partial charge is 0.307 e. The van der Waals surface area contributed by atoms with Crippen LogP contribution in [0.1, 0.15) is 24.7 Å². The summed E-state index contributed by atoms with van der Waals surface area (Å²) in [6.45, 7) is 3.09. The molecular weight excluding hydrogens is 301 g/mol. The van der Waals surface area contributed by atoms with Crippen molar-refractivity contribution in [3.63, 3.8) is 0 Å². The van der Waals surface area contributed by atoms with Crippen molar-refractivity contribution in [3.05, 3.63) is 53.7 Å². The number of benzene rings is 1. The Labute approximate surface area is 133 Å². The summed E-state index contributed by atoms with van der Waals surface area (Å²) in [7, 11) is 0. The van der Waals surface area contributed by atoms with Gasteiger partial charge in [0.25, 0.3) is 5.91 Å². The van der Waals surface area contributed by atoms with E-state index in [4.69, 9.17) is 9.15 Å². The molecule has 1 heterocycles. The van der Waals surface area contributed by atoms with Crippen LogP contribution >= 0.6 is 0 Å². The molecule has 0 bridgehead atoms. The molecule has 0 aliphatic carbocycles. The minimum Gasteiger partial charge on any atom is -0.469 e. The van der Waals surface area contributed by atoms with E-state index in [0.29, 0.717) is 23.4 Å². The number of halogens is 1. The molecule has 1 amide bonds. The Morgan fingerprint density at radius 1 is 1.35 bits per heavy atom. The zero-order valence-electron chi connectivity index (χ0n) is 13.0. The summed E-state index contributed by atoms with van der Waals surface area (Å²) in [6, 6.07) is 7.86. The van der Waals surface area contributed by atoms with Crippen molar-refractivity contribution >= 4 is 17.6 Å². The van der Waals surface area contributed by atoms with Gasteiger partial charge in [0.05, 0.1) is 12.7 Å². The van der Waals surface area contributed by atoms with Gasteiger partial charge in [-0.1, -0.05) is 6.07 Å². The Balaban J connectivity index is 1.81. The van der Waals surface area contributed by atoms with Gasteiger partial charge in [-0.25, -0.2) is 4.39 Å². The molecule has 5 nitrogen and oxygen atoms in total. The number of nitrogens with one attached hydrogen (secondary N) is 1. The third-order valence-corrected chi connectivity index (χ3v) is 3.27. The van der Waals surface area contributed by atoms with Crippen LogP contribution in [0.2, 0.25) is 0 Å². The van der Waals surface area contributed by atoms with Gasteiger partial charge in [-0.05, 0) is 43.7 Å². The maximum absolute atomic E-state index is 13.4. The van der Waals surface area contributed by atoms with Crippen molar-refractivity contribution < 1.29 is 23.1 Å². The molecular formula is C17H18FNO4. The fourth-order valence-corrected chi connectivity index (χ4v) is 1.90. The summed E-state index contributed by atoms with van der Waals surface area (Å²) in [5.74, 6) is -0.751. The lowest BCUT2D eigenvalue weighted by atomic mass is 10.2. The van der Waals surface area contributed by atoms with Gasteiger partial charge in [-0.2, -0.15) is 0 Å². The highest BCUT2D eigenvalue weighted by atomic mass is 19.1. The summed E-state index contributed by atoms with van der Waals surface area (Å²) < 4.78 is 23.6. The van der Waals surface area contributed by atoms with Crippen molar-refractivity contribution in [2.24, 2.45) is 0 Å². The maximum atomic E-state index is 13.4. The number of ether oxygens (including phenoxy) is 1. The lowest BCUT2D eigenvalue weighted by Gasteiger charge is -2.13. The van der Waals surface area contributed by atoms with E-state index in [0.717, 1.165) is 0 Å². The van der Waals surface area contributed by atoms with E-state index < -0.39 is 23.8 Å². The van der Waals surface area contributed by atoms with Gasteiger partial charge < -0.3 is 14.5 Å². The van der Waals surface area contributed by atoms with Gasteiger partial charge in [0.2, 0.25) is 0 Å². The second-order valence-corrected chi connectivity index (χ2v) is 5.16. The first-order chi connectivity index (χ1) is 11.0. The number of carbonyl (C=O) groups excluding carboxylic acids is 2. The SMILES string of the molecule is Cc1ccc(NC(=O)[C@H](C)OC(=O)CCc2ccco2)cc1F. The van der Waals surface area contributed by atoms with Crippen LogP contribution < -0.4 is 5.32 Å². The number of furan rings is 1. The van der Waals surface area contributed by atoms with E-state index in [2.05, 4.69) is 5.32 Å². The highest BCUT2D eigenvalue weighted by molar-refractivity contribution is 5.95. The first kappa shape index (κ1) is 16.7. The fourth-order valence-electron chi connectivity index (χ4n) is 1.90. The molecule has 1 aromatic heterocycles. The zero-order valence-corrected chi connectivity index (χ0v) is 13.0. The van der Waals surface area contributed by atoms with Crippen LogP contribution in [0.4, 0.5) is 10.1 Å². The lowest BCUT2D eigenvalue weighted by Crippen LogP contribution is -2.30. The first-order valence-electron chi connectivity index (χ1n) is 7.24. The predicted octanol–water partition coefficient (Wildman–Crippen LogP) is 3.23. The predicted molar refractivity (Wildman–Crippen MR) is 82.3 cm³/mol. The normalized spacial score (nSPS) is 11.8. The van der Waals surface area contributed by atoms with Gasteiger partial charge in [-0.3, -0.25) is 9.59 Å².